The first-order valence-corrected chi connectivity index (χ1v) is 6.47. The molecule has 1 aliphatic heterocycles. The molecule has 1 aromatic rings. The molecule has 0 saturated heterocycles. The molecule has 18 heavy (non-hydrogen) atoms. The third-order valence-electron chi connectivity index (χ3n) is 3.81. The maximum Gasteiger partial charge on any atom is 0.0514 e. The topological polar surface area (TPSA) is 12.0 Å². The van der Waals surface area contributed by atoms with Crippen molar-refractivity contribution in [3.05, 3.63) is 67.8 Å². The summed E-state index contributed by atoms with van der Waals surface area (Å²) in [4.78, 5) is 0. The van der Waals surface area contributed by atoms with Gasteiger partial charge in [-0.05, 0) is 30.9 Å². The van der Waals surface area contributed by atoms with Crippen molar-refractivity contribution in [2.75, 3.05) is 5.32 Å². The summed E-state index contributed by atoms with van der Waals surface area (Å²) in [5.41, 5.74) is 2.65. The summed E-state index contributed by atoms with van der Waals surface area (Å²) >= 11 is 0. The van der Waals surface area contributed by atoms with E-state index >= 15 is 0 Å². The molecule has 1 nitrogen and oxygen atoms in total. The summed E-state index contributed by atoms with van der Waals surface area (Å²) in [6, 6.07) is 8.55. The average Bonchev–Trinajstić information content (AvgIpc) is 2.65. The van der Waals surface area contributed by atoms with Gasteiger partial charge in [-0.25, -0.2) is 0 Å². The van der Waals surface area contributed by atoms with E-state index in [1.165, 1.54) is 11.3 Å². The normalized spacial score (nSPS) is 19.7. The second-order valence-corrected chi connectivity index (χ2v) is 4.93. The Morgan fingerprint density at radius 1 is 1.06 bits per heavy atom. The number of hydrogen-bond acceptors (Lipinski definition) is 1. The van der Waals surface area contributed by atoms with Gasteiger partial charge in [0.05, 0.1) is 5.54 Å². The number of hydrogen-bond donors (Lipinski definition) is 1. The second-order valence-electron chi connectivity index (χ2n) is 4.93. The van der Waals surface area contributed by atoms with Gasteiger partial charge in [0.2, 0.25) is 0 Å². The molecule has 0 amide bonds. The number of benzene rings is 1. The van der Waals surface area contributed by atoms with Crippen LogP contribution in [0, 0.1) is 0 Å². The fourth-order valence-electron chi connectivity index (χ4n) is 3.07. The third kappa shape index (κ3) is 2.01. The lowest BCUT2D eigenvalue weighted by Crippen LogP contribution is -2.38. The molecule has 94 valence electrons. The maximum atomic E-state index is 3.91. The summed E-state index contributed by atoms with van der Waals surface area (Å²) in [7, 11) is 0. The SMILES string of the molecule is C=CCC1c2ccccc2NC1(CC=C)CC=C. The lowest BCUT2D eigenvalue weighted by molar-refractivity contribution is 0.406. The molecule has 2 rings (SSSR count). The molecule has 0 spiro atoms. The minimum absolute atomic E-state index is 0.0153. The number of fused-ring (bicyclic) bond motifs is 1. The molecule has 1 heterocycles. The molecule has 1 atom stereocenters. The van der Waals surface area contributed by atoms with Gasteiger partial charge in [0.15, 0.2) is 0 Å². The molecule has 1 unspecified atom stereocenters. The fourth-order valence-corrected chi connectivity index (χ4v) is 3.07. The number of para-hydroxylation sites is 1. The van der Waals surface area contributed by atoms with Crippen molar-refractivity contribution in [1.29, 1.82) is 0 Å². The van der Waals surface area contributed by atoms with Crippen LogP contribution in [0.2, 0.25) is 0 Å². The smallest absolute Gasteiger partial charge is 0.0514 e. The van der Waals surface area contributed by atoms with Crippen LogP contribution in [0.1, 0.15) is 30.7 Å². The van der Waals surface area contributed by atoms with Gasteiger partial charge in [0.1, 0.15) is 0 Å². The zero-order valence-corrected chi connectivity index (χ0v) is 10.9. The number of anilines is 1. The molecular weight excluding hydrogens is 218 g/mol. The van der Waals surface area contributed by atoms with Crippen LogP contribution in [0.15, 0.2) is 62.2 Å². The Balaban J connectivity index is 2.45. The molecule has 1 aliphatic rings. The van der Waals surface area contributed by atoms with Crippen molar-refractivity contribution >= 4 is 5.69 Å². The summed E-state index contributed by atoms with van der Waals surface area (Å²) in [6.07, 6.45) is 8.86. The van der Waals surface area contributed by atoms with Gasteiger partial charge in [0, 0.05) is 11.6 Å². The Hall–Kier alpha value is -1.76. The Labute approximate surface area is 110 Å². The van der Waals surface area contributed by atoms with Crippen molar-refractivity contribution in [3.63, 3.8) is 0 Å². The van der Waals surface area contributed by atoms with Crippen LogP contribution < -0.4 is 5.32 Å². The number of rotatable bonds is 6. The van der Waals surface area contributed by atoms with Gasteiger partial charge in [0.25, 0.3) is 0 Å². The Bertz CT molecular complexity index is 448. The minimum Gasteiger partial charge on any atom is -0.378 e. The largest absolute Gasteiger partial charge is 0.378 e. The molecule has 0 radical (unpaired) electrons. The van der Waals surface area contributed by atoms with Gasteiger partial charge in [-0.15, -0.1) is 19.7 Å². The Morgan fingerprint density at radius 2 is 1.72 bits per heavy atom. The third-order valence-corrected chi connectivity index (χ3v) is 3.81. The molecule has 1 N–H and O–H groups in total. The van der Waals surface area contributed by atoms with E-state index in [-0.39, 0.29) is 5.54 Å². The highest BCUT2D eigenvalue weighted by Crippen LogP contribution is 2.48. The summed E-state index contributed by atoms with van der Waals surface area (Å²) in [5.74, 6) is 0.446. The molecule has 0 fully saturated rings. The van der Waals surface area contributed by atoms with Gasteiger partial charge >= 0.3 is 0 Å². The monoisotopic (exact) mass is 239 g/mol. The van der Waals surface area contributed by atoms with Crippen molar-refractivity contribution in [2.45, 2.75) is 30.7 Å². The van der Waals surface area contributed by atoms with Gasteiger partial charge < -0.3 is 5.32 Å². The minimum atomic E-state index is 0.0153. The molecule has 0 bridgehead atoms. The van der Waals surface area contributed by atoms with E-state index in [4.69, 9.17) is 0 Å². The zero-order valence-electron chi connectivity index (χ0n) is 10.9. The van der Waals surface area contributed by atoms with Crippen LogP contribution in [0.25, 0.3) is 0 Å². The molecule has 1 aromatic carbocycles. The number of nitrogens with one attached hydrogen (secondary N) is 1. The van der Waals surface area contributed by atoms with E-state index in [1.54, 1.807) is 0 Å². The standard InChI is InChI=1S/C17H21N/c1-4-9-15-14-10-7-8-11-16(14)18-17(15,12-5-2)13-6-3/h4-8,10-11,15,18H,1-3,9,12-13H2. The molecule has 1 heteroatoms. The predicted octanol–water partition coefficient (Wildman–Crippen LogP) is 4.66. The van der Waals surface area contributed by atoms with Crippen LogP contribution in [-0.2, 0) is 0 Å². The zero-order chi connectivity index (χ0) is 13.0. The van der Waals surface area contributed by atoms with Gasteiger partial charge in [-0.3, -0.25) is 0 Å². The summed E-state index contributed by atoms with van der Waals surface area (Å²) in [5, 5.41) is 3.69. The lowest BCUT2D eigenvalue weighted by atomic mass is 9.76. The lowest BCUT2D eigenvalue weighted by Gasteiger charge is -2.34. The molecule has 0 aliphatic carbocycles. The highest BCUT2D eigenvalue weighted by Gasteiger charge is 2.42. The molecular formula is C17H21N. The highest BCUT2D eigenvalue weighted by molar-refractivity contribution is 5.62. The van der Waals surface area contributed by atoms with Crippen molar-refractivity contribution in [3.8, 4) is 0 Å². The summed E-state index contributed by atoms with van der Waals surface area (Å²) < 4.78 is 0. The van der Waals surface area contributed by atoms with E-state index in [0.29, 0.717) is 5.92 Å². The highest BCUT2D eigenvalue weighted by atomic mass is 15.0. The summed E-state index contributed by atoms with van der Waals surface area (Å²) in [6.45, 7) is 11.7. The molecule has 0 saturated carbocycles. The van der Waals surface area contributed by atoms with E-state index < -0.39 is 0 Å². The molecule has 0 aromatic heterocycles. The van der Waals surface area contributed by atoms with Gasteiger partial charge in [-0.1, -0.05) is 36.4 Å². The first kappa shape index (κ1) is 12.7. The van der Waals surface area contributed by atoms with E-state index in [0.717, 1.165) is 19.3 Å². The van der Waals surface area contributed by atoms with Crippen LogP contribution in [-0.4, -0.2) is 5.54 Å². The fraction of sp³-hybridized carbons (Fsp3) is 0.294. The van der Waals surface area contributed by atoms with Crippen LogP contribution in [0.4, 0.5) is 5.69 Å². The van der Waals surface area contributed by atoms with Crippen LogP contribution in [0.3, 0.4) is 0 Å². The Kier molecular flexibility index (Phi) is 3.71. The second kappa shape index (κ2) is 5.26. The maximum absolute atomic E-state index is 3.91. The van der Waals surface area contributed by atoms with E-state index in [9.17, 15) is 0 Å². The first-order valence-electron chi connectivity index (χ1n) is 6.47. The van der Waals surface area contributed by atoms with E-state index in [1.807, 2.05) is 18.2 Å². The van der Waals surface area contributed by atoms with Crippen molar-refractivity contribution < 1.29 is 0 Å². The predicted molar refractivity (Wildman–Crippen MR) is 80.0 cm³/mol. The van der Waals surface area contributed by atoms with Crippen molar-refractivity contribution in [1.82, 2.24) is 0 Å². The first-order chi connectivity index (χ1) is 8.77. The Morgan fingerprint density at radius 3 is 2.33 bits per heavy atom. The quantitative estimate of drug-likeness (QED) is 0.712. The van der Waals surface area contributed by atoms with E-state index in [2.05, 4.69) is 49.3 Å². The van der Waals surface area contributed by atoms with Crippen LogP contribution in [0.5, 0.6) is 0 Å². The van der Waals surface area contributed by atoms with Crippen LogP contribution >= 0.6 is 0 Å². The van der Waals surface area contributed by atoms with Gasteiger partial charge in [-0.2, -0.15) is 0 Å². The number of allylic oxidation sites excluding steroid dienone is 1. The average molecular weight is 239 g/mol. The van der Waals surface area contributed by atoms with Crippen molar-refractivity contribution in [2.24, 2.45) is 0 Å².